The Morgan fingerprint density at radius 2 is 2.26 bits per heavy atom. The van der Waals surface area contributed by atoms with Crippen molar-refractivity contribution in [2.45, 2.75) is 13.0 Å². The van der Waals surface area contributed by atoms with E-state index in [4.69, 9.17) is 17.3 Å². The van der Waals surface area contributed by atoms with Gasteiger partial charge in [0.25, 0.3) is 0 Å². The molecule has 0 radical (unpaired) electrons. The highest BCUT2D eigenvalue weighted by atomic mass is 35.5. The molecule has 0 aliphatic rings. The number of hydrogen-bond acceptors (Lipinski definition) is 3. The molecule has 0 fully saturated rings. The van der Waals surface area contributed by atoms with E-state index in [1.807, 2.05) is 23.7 Å². The smallest absolute Gasteiger partial charge is 0.112 e. The number of nitrogens with two attached hydrogens (primary N) is 1. The van der Waals surface area contributed by atoms with Crippen LogP contribution in [0.4, 0.5) is 0 Å². The fourth-order valence-electron chi connectivity index (χ4n) is 2.30. The number of nitrogens with zero attached hydrogens (tertiary/aromatic N) is 2. The minimum Gasteiger partial charge on any atom is -0.340 e. The molecule has 98 valence electrons. The van der Waals surface area contributed by atoms with Crippen LogP contribution in [0.25, 0.3) is 10.9 Å². The fraction of sp³-hybridized carbons (Fsp3) is 0.214. The quantitative estimate of drug-likeness (QED) is 0.801. The molecule has 0 amide bonds. The van der Waals surface area contributed by atoms with Crippen LogP contribution in [-0.2, 0) is 13.0 Å². The van der Waals surface area contributed by atoms with Gasteiger partial charge in [0.15, 0.2) is 0 Å². The van der Waals surface area contributed by atoms with E-state index in [2.05, 4.69) is 21.8 Å². The third kappa shape index (κ3) is 2.52. The van der Waals surface area contributed by atoms with E-state index in [-0.39, 0.29) is 0 Å². The van der Waals surface area contributed by atoms with E-state index in [0.717, 1.165) is 28.5 Å². The summed E-state index contributed by atoms with van der Waals surface area (Å²) in [5.74, 6) is 0. The van der Waals surface area contributed by atoms with E-state index in [1.165, 1.54) is 10.9 Å². The zero-order valence-corrected chi connectivity index (χ0v) is 11.9. The highest BCUT2D eigenvalue weighted by Gasteiger charge is 2.09. The molecular formula is C14H14ClN3S. The lowest BCUT2D eigenvalue weighted by Crippen LogP contribution is -2.02. The van der Waals surface area contributed by atoms with Gasteiger partial charge in [-0.2, -0.15) is 0 Å². The molecule has 3 rings (SSSR count). The normalized spacial score (nSPS) is 11.3. The molecule has 0 spiro atoms. The Balaban J connectivity index is 2.09. The highest BCUT2D eigenvalue weighted by Crippen LogP contribution is 2.26. The first kappa shape index (κ1) is 12.7. The second-order valence-corrected chi connectivity index (χ2v) is 5.82. The van der Waals surface area contributed by atoms with Gasteiger partial charge >= 0.3 is 0 Å². The van der Waals surface area contributed by atoms with E-state index in [1.54, 1.807) is 11.3 Å². The molecule has 0 bridgehead atoms. The predicted octanol–water partition coefficient (Wildman–Crippen LogP) is 3.30. The Hall–Kier alpha value is -1.36. The van der Waals surface area contributed by atoms with Crippen LogP contribution in [0, 0.1) is 0 Å². The first-order chi connectivity index (χ1) is 9.28. The van der Waals surface area contributed by atoms with Crippen LogP contribution in [0.15, 0.2) is 36.0 Å². The molecule has 0 aliphatic carbocycles. The van der Waals surface area contributed by atoms with E-state index in [9.17, 15) is 0 Å². The highest BCUT2D eigenvalue weighted by molar-refractivity contribution is 7.09. The number of hydrogen-bond donors (Lipinski definition) is 1. The summed E-state index contributed by atoms with van der Waals surface area (Å²) < 4.78 is 2.20. The number of thiazole rings is 1. The van der Waals surface area contributed by atoms with Crippen molar-refractivity contribution in [1.82, 2.24) is 9.55 Å². The number of aromatic nitrogens is 2. The molecule has 3 nitrogen and oxygen atoms in total. The van der Waals surface area contributed by atoms with Crippen LogP contribution in [0.5, 0.6) is 0 Å². The number of rotatable bonds is 4. The predicted molar refractivity (Wildman–Crippen MR) is 80.9 cm³/mol. The summed E-state index contributed by atoms with van der Waals surface area (Å²) in [7, 11) is 0. The molecule has 1 aromatic carbocycles. The van der Waals surface area contributed by atoms with E-state index in [0.29, 0.717) is 6.54 Å². The Labute approximate surface area is 120 Å². The average molecular weight is 292 g/mol. The molecule has 19 heavy (non-hydrogen) atoms. The Morgan fingerprint density at radius 1 is 1.37 bits per heavy atom. The molecule has 5 heteroatoms. The van der Waals surface area contributed by atoms with Crippen molar-refractivity contribution in [2.24, 2.45) is 5.73 Å². The summed E-state index contributed by atoms with van der Waals surface area (Å²) in [6.07, 6.45) is 4.87. The van der Waals surface area contributed by atoms with E-state index >= 15 is 0 Å². The Kier molecular flexibility index (Phi) is 3.55. The lowest BCUT2D eigenvalue weighted by Gasteiger charge is -2.02. The van der Waals surface area contributed by atoms with Gasteiger partial charge in [-0.3, -0.25) is 0 Å². The van der Waals surface area contributed by atoms with Crippen LogP contribution in [0.2, 0.25) is 5.02 Å². The van der Waals surface area contributed by atoms with Gasteiger partial charge in [-0.1, -0.05) is 17.7 Å². The van der Waals surface area contributed by atoms with Crippen LogP contribution < -0.4 is 5.73 Å². The standard InChI is InChI=1S/C14H14ClN3S/c15-11-1-2-12-10(3-4-16)8-18(13(12)7-11)9-14-17-5-6-19-14/h1-2,5-8H,3-4,9,16H2. The van der Waals surface area contributed by atoms with Gasteiger partial charge in [-0.25, -0.2) is 4.98 Å². The zero-order valence-electron chi connectivity index (χ0n) is 10.3. The fourth-order valence-corrected chi connectivity index (χ4v) is 3.08. The molecule has 0 unspecified atom stereocenters. The summed E-state index contributed by atoms with van der Waals surface area (Å²) in [6, 6.07) is 6.00. The molecule has 0 saturated heterocycles. The molecule has 0 atom stereocenters. The maximum atomic E-state index is 6.11. The van der Waals surface area contributed by atoms with Gasteiger partial charge in [0.1, 0.15) is 5.01 Å². The van der Waals surface area contributed by atoms with Gasteiger partial charge in [0.2, 0.25) is 0 Å². The lowest BCUT2D eigenvalue weighted by molar-refractivity contribution is 0.819. The molecule has 2 heterocycles. The van der Waals surface area contributed by atoms with Crippen LogP contribution in [0.1, 0.15) is 10.6 Å². The van der Waals surface area contributed by atoms with E-state index < -0.39 is 0 Å². The van der Waals surface area contributed by atoms with Crippen molar-refractivity contribution in [1.29, 1.82) is 0 Å². The minimum absolute atomic E-state index is 0.652. The first-order valence-corrected chi connectivity index (χ1v) is 7.39. The summed E-state index contributed by atoms with van der Waals surface area (Å²) in [5.41, 5.74) is 8.09. The van der Waals surface area contributed by atoms with Crippen molar-refractivity contribution in [3.05, 3.63) is 51.6 Å². The molecule has 2 aromatic heterocycles. The third-order valence-corrected chi connectivity index (χ3v) is 4.13. The van der Waals surface area contributed by atoms with Crippen molar-refractivity contribution >= 4 is 33.8 Å². The summed E-state index contributed by atoms with van der Waals surface area (Å²) >= 11 is 7.77. The van der Waals surface area contributed by atoms with Gasteiger partial charge < -0.3 is 10.3 Å². The third-order valence-electron chi connectivity index (χ3n) is 3.13. The monoisotopic (exact) mass is 291 g/mol. The summed E-state index contributed by atoms with van der Waals surface area (Å²) in [4.78, 5) is 4.34. The van der Waals surface area contributed by atoms with Crippen LogP contribution in [-0.4, -0.2) is 16.1 Å². The van der Waals surface area contributed by atoms with Crippen molar-refractivity contribution in [2.75, 3.05) is 6.54 Å². The number of benzene rings is 1. The number of fused-ring (bicyclic) bond motifs is 1. The SMILES string of the molecule is NCCc1cn(Cc2nccs2)c2cc(Cl)ccc12. The van der Waals surface area contributed by atoms with Crippen molar-refractivity contribution in [3.63, 3.8) is 0 Å². The molecule has 0 saturated carbocycles. The van der Waals surface area contributed by atoms with Crippen LogP contribution >= 0.6 is 22.9 Å². The zero-order chi connectivity index (χ0) is 13.2. The van der Waals surface area contributed by atoms with Crippen LogP contribution in [0.3, 0.4) is 0 Å². The second-order valence-electron chi connectivity index (χ2n) is 4.41. The largest absolute Gasteiger partial charge is 0.340 e. The topological polar surface area (TPSA) is 43.8 Å². The Morgan fingerprint density at radius 3 is 3.00 bits per heavy atom. The lowest BCUT2D eigenvalue weighted by atomic mass is 10.1. The summed E-state index contributed by atoms with van der Waals surface area (Å²) in [5, 5.41) is 5.07. The summed E-state index contributed by atoms with van der Waals surface area (Å²) in [6.45, 7) is 1.43. The second kappa shape index (κ2) is 5.33. The first-order valence-electron chi connectivity index (χ1n) is 6.13. The molecule has 0 aliphatic heterocycles. The van der Waals surface area contributed by atoms with Crippen molar-refractivity contribution < 1.29 is 0 Å². The average Bonchev–Trinajstić information content (AvgIpc) is 3.00. The number of halogens is 1. The maximum absolute atomic E-state index is 6.11. The molecular weight excluding hydrogens is 278 g/mol. The minimum atomic E-state index is 0.652. The van der Waals surface area contributed by atoms with Gasteiger partial charge in [-0.15, -0.1) is 11.3 Å². The molecule has 2 N–H and O–H groups in total. The van der Waals surface area contributed by atoms with Gasteiger partial charge in [-0.05, 0) is 30.7 Å². The van der Waals surface area contributed by atoms with Crippen molar-refractivity contribution in [3.8, 4) is 0 Å². The molecule has 3 aromatic rings. The maximum Gasteiger partial charge on any atom is 0.112 e. The van der Waals surface area contributed by atoms with Gasteiger partial charge in [0, 0.05) is 28.2 Å². The van der Waals surface area contributed by atoms with Gasteiger partial charge in [0.05, 0.1) is 12.1 Å². The Bertz CT molecular complexity index is 688.